The molecule has 0 bridgehead atoms. The molecular formula is C8H16N4O2. The normalized spacial score (nSPS) is 17.7. The summed E-state index contributed by atoms with van der Waals surface area (Å²) in [5.74, 6) is -0.526. The van der Waals surface area contributed by atoms with Crippen LogP contribution in [0.5, 0.6) is 0 Å². The SMILES string of the molecule is NC(=O)CN(C(N)=O)C1CCNCC1. The van der Waals surface area contributed by atoms with Crippen molar-refractivity contribution in [3.8, 4) is 0 Å². The van der Waals surface area contributed by atoms with E-state index in [0.29, 0.717) is 0 Å². The summed E-state index contributed by atoms with van der Waals surface area (Å²) in [4.78, 5) is 23.1. The van der Waals surface area contributed by atoms with Crippen molar-refractivity contribution in [1.82, 2.24) is 10.2 Å². The second-order valence-electron chi connectivity index (χ2n) is 3.41. The van der Waals surface area contributed by atoms with Gasteiger partial charge in [0.15, 0.2) is 0 Å². The third kappa shape index (κ3) is 2.88. The van der Waals surface area contributed by atoms with Crippen molar-refractivity contribution >= 4 is 11.9 Å². The maximum atomic E-state index is 11.1. The molecule has 80 valence electrons. The number of urea groups is 1. The van der Waals surface area contributed by atoms with Crippen LogP contribution in [-0.2, 0) is 4.79 Å². The number of nitrogens with one attached hydrogen (secondary N) is 1. The van der Waals surface area contributed by atoms with Crippen molar-refractivity contribution in [2.75, 3.05) is 19.6 Å². The van der Waals surface area contributed by atoms with Crippen molar-refractivity contribution in [2.24, 2.45) is 11.5 Å². The summed E-state index contributed by atoms with van der Waals surface area (Å²) in [5.41, 5.74) is 10.2. The minimum atomic E-state index is -0.573. The Kier molecular flexibility index (Phi) is 3.70. The molecule has 14 heavy (non-hydrogen) atoms. The van der Waals surface area contributed by atoms with Crippen molar-refractivity contribution < 1.29 is 9.59 Å². The van der Waals surface area contributed by atoms with E-state index in [1.165, 1.54) is 4.90 Å². The van der Waals surface area contributed by atoms with Crippen LogP contribution in [0.4, 0.5) is 4.79 Å². The number of piperidine rings is 1. The van der Waals surface area contributed by atoms with Gasteiger partial charge in [-0.3, -0.25) is 4.79 Å². The van der Waals surface area contributed by atoms with Gasteiger partial charge in [0.2, 0.25) is 5.91 Å². The summed E-state index contributed by atoms with van der Waals surface area (Å²) < 4.78 is 0. The van der Waals surface area contributed by atoms with Crippen LogP contribution in [0.3, 0.4) is 0 Å². The first-order valence-corrected chi connectivity index (χ1v) is 4.66. The number of hydrogen-bond acceptors (Lipinski definition) is 3. The number of hydrogen-bond donors (Lipinski definition) is 3. The molecule has 0 aromatic carbocycles. The summed E-state index contributed by atoms with van der Waals surface area (Å²) in [6.45, 7) is 1.60. The first kappa shape index (κ1) is 10.8. The molecule has 0 aromatic heterocycles. The number of primary amides is 2. The highest BCUT2D eigenvalue weighted by atomic mass is 16.2. The van der Waals surface area contributed by atoms with Crippen LogP contribution in [0, 0.1) is 0 Å². The lowest BCUT2D eigenvalue weighted by Gasteiger charge is -2.32. The van der Waals surface area contributed by atoms with Crippen molar-refractivity contribution in [3.05, 3.63) is 0 Å². The van der Waals surface area contributed by atoms with Gasteiger partial charge in [0.1, 0.15) is 6.54 Å². The van der Waals surface area contributed by atoms with Crippen LogP contribution in [0.2, 0.25) is 0 Å². The van der Waals surface area contributed by atoms with Gasteiger partial charge in [-0.2, -0.15) is 0 Å². The number of amides is 3. The molecule has 0 radical (unpaired) electrons. The largest absolute Gasteiger partial charge is 0.368 e. The quantitative estimate of drug-likeness (QED) is 0.522. The zero-order valence-electron chi connectivity index (χ0n) is 8.03. The second-order valence-corrected chi connectivity index (χ2v) is 3.41. The fraction of sp³-hybridized carbons (Fsp3) is 0.750. The topological polar surface area (TPSA) is 101 Å². The van der Waals surface area contributed by atoms with Crippen molar-refractivity contribution in [1.29, 1.82) is 0 Å². The average Bonchev–Trinajstić information content (AvgIpc) is 2.15. The highest BCUT2D eigenvalue weighted by molar-refractivity contribution is 5.82. The Morgan fingerprint density at radius 1 is 1.29 bits per heavy atom. The summed E-state index contributed by atoms with van der Waals surface area (Å²) in [6.07, 6.45) is 1.63. The summed E-state index contributed by atoms with van der Waals surface area (Å²) in [6, 6.07) is -0.531. The zero-order chi connectivity index (χ0) is 10.6. The van der Waals surface area contributed by atoms with Crippen molar-refractivity contribution in [3.63, 3.8) is 0 Å². The Bertz CT molecular complexity index is 225. The van der Waals surface area contributed by atoms with Crippen LogP contribution in [-0.4, -0.2) is 42.5 Å². The van der Waals surface area contributed by atoms with E-state index in [2.05, 4.69) is 5.32 Å². The molecule has 6 nitrogen and oxygen atoms in total. The summed E-state index contributed by atoms with van der Waals surface area (Å²) >= 11 is 0. The highest BCUT2D eigenvalue weighted by Crippen LogP contribution is 2.10. The van der Waals surface area contributed by atoms with Gasteiger partial charge in [-0.1, -0.05) is 0 Å². The summed E-state index contributed by atoms with van der Waals surface area (Å²) in [5, 5.41) is 3.17. The van der Waals surface area contributed by atoms with E-state index in [0.717, 1.165) is 25.9 Å². The van der Waals surface area contributed by atoms with Crippen LogP contribution >= 0.6 is 0 Å². The van der Waals surface area contributed by atoms with Crippen molar-refractivity contribution in [2.45, 2.75) is 18.9 Å². The van der Waals surface area contributed by atoms with Gasteiger partial charge in [0, 0.05) is 6.04 Å². The number of nitrogens with two attached hydrogens (primary N) is 2. The zero-order valence-corrected chi connectivity index (χ0v) is 8.03. The maximum absolute atomic E-state index is 11.1. The fourth-order valence-corrected chi connectivity index (χ4v) is 1.67. The number of rotatable bonds is 3. The van der Waals surface area contributed by atoms with Gasteiger partial charge in [-0.05, 0) is 25.9 Å². The van der Waals surface area contributed by atoms with Gasteiger partial charge < -0.3 is 21.7 Å². The van der Waals surface area contributed by atoms with E-state index in [4.69, 9.17) is 11.5 Å². The van der Waals surface area contributed by atoms with Crippen LogP contribution in [0.1, 0.15) is 12.8 Å². The standard InChI is InChI=1S/C8H16N4O2/c9-7(13)5-12(8(10)14)6-1-3-11-4-2-6/h6,11H,1-5H2,(H2,9,13)(H2,10,14). The first-order chi connectivity index (χ1) is 6.61. The molecule has 1 heterocycles. The minimum absolute atomic E-state index is 0.0428. The van der Waals surface area contributed by atoms with Crippen LogP contribution in [0.15, 0.2) is 0 Å². The predicted molar refractivity (Wildman–Crippen MR) is 51.4 cm³/mol. The maximum Gasteiger partial charge on any atom is 0.315 e. The Hall–Kier alpha value is -1.30. The van der Waals surface area contributed by atoms with E-state index >= 15 is 0 Å². The molecule has 0 spiro atoms. The fourth-order valence-electron chi connectivity index (χ4n) is 1.67. The third-order valence-corrected chi connectivity index (χ3v) is 2.36. The number of nitrogens with zero attached hydrogens (tertiary/aromatic N) is 1. The van der Waals surface area contributed by atoms with E-state index < -0.39 is 11.9 Å². The second kappa shape index (κ2) is 4.80. The molecule has 0 aliphatic carbocycles. The van der Waals surface area contributed by atoms with Gasteiger partial charge in [-0.15, -0.1) is 0 Å². The number of carbonyl (C=O) groups excluding carboxylic acids is 2. The molecule has 1 aliphatic rings. The molecule has 1 fully saturated rings. The molecule has 0 unspecified atom stereocenters. The van der Waals surface area contributed by atoms with E-state index in [1.807, 2.05) is 0 Å². The molecule has 3 amide bonds. The molecule has 5 N–H and O–H groups in total. The molecule has 0 saturated carbocycles. The Balaban J connectivity index is 2.56. The molecule has 1 aliphatic heterocycles. The van der Waals surface area contributed by atoms with E-state index in [-0.39, 0.29) is 12.6 Å². The molecule has 0 aromatic rings. The lowest BCUT2D eigenvalue weighted by molar-refractivity contribution is -0.119. The lowest BCUT2D eigenvalue weighted by atomic mass is 10.1. The Labute approximate surface area is 82.6 Å². The lowest BCUT2D eigenvalue weighted by Crippen LogP contribution is -2.51. The monoisotopic (exact) mass is 200 g/mol. The average molecular weight is 200 g/mol. The molecular weight excluding hydrogens is 184 g/mol. The van der Waals surface area contributed by atoms with Gasteiger partial charge in [0.25, 0.3) is 0 Å². The summed E-state index contributed by atoms with van der Waals surface area (Å²) in [7, 11) is 0. The van der Waals surface area contributed by atoms with Gasteiger partial charge >= 0.3 is 6.03 Å². The van der Waals surface area contributed by atoms with Crippen LogP contribution < -0.4 is 16.8 Å². The van der Waals surface area contributed by atoms with E-state index in [9.17, 15) is 9.59 Å². The number of carbonyl (C=O) groups is 2. The molecule has 1 rings (SSSR count). The first-order valence-electron chi connectivity index (χ1n) is 4.66. The van der Waals surface area contributed by atoms with Gasteiger partial charge in [0.05, 0.1) is 0 Å². The van der Waals surface area contributed by atoms with Gasteiger partial charge in [-0.25, -0.2) is 4.79 Å². The smallest absolute Gasteiger partial charge is 0.315 e. The van der Waals surface area contributed by atoms with E-state index in [1.54, 1.807) is 0 Å². The third-order valence-electron chi connectivity index (χ3n) is 2.36. The Morgan fingerprint density at radius 2 is 1.86 bits per heavy atom. The highest BCUT2D eigenvalue weighted by Gasteiger charge is 2.24. The predicted octanol–water partition coefficient (Wildman–Crippen LogP) is -1.40. The van der Waals surface area contributed by atoms with Crippen LogP contribution in [0.25, 0.3) is 0 Å². The minimum Gasteiger partial charge on any atom is -0.368 e. The molecule has 1 saturated heterocycles. The molecule has 0 atom stereocenters. The Morgan fingerprint density at radius 3 is 2.29 bits per heavy atom. The molecule has 6 heteroatoms.